The number of hydrogen-bond donors (Lipinski definition) is 1. The number of hydrogen-bond acceptors (Lipinski definition) is 7. The molecular formula is C18H24N4O4S. The van der Waals surface area contributed by atoms with Gasteiger partial charge in [-0.2, -0.15) is 5.10 Å². The van der Waals surface area contributed by atoms with Crippen molar-refractivity contribution in [3.05, 3.63) is 41.2 Å². The Hall–Kier alpha value is -2.55. The zero-order chi connectivity index (χ0) is 19.6. The zero-order valence-electron chi connectivity index (χ0n) is 15.7. The van der Waals surface area contributed by atoms with Gasteiger partial charge in [-0.25, -0.2) is 13.2 Å². The van der Waals surface area contributed by atoms with Crippen LogP contribution in [-0.2, 0) is 28.2 Å². The molecule has 1 N–H and O–H groups in total. The third-order valence-electron chi connectivity index (χ3n) is 4.86. The van der Waals surface area contributed by atoms with Gasteiger partial charge in [0, 0.05) is 49.3 Å². The molecule has 8 nitrogen and oxygen atoms in total. The molecule has 2 heterocycles. The van der Waals surface area contributed by atoms with Gasteiger partial charge < -0.3 is 15.0 Å². The molecule has 0 radical (unpaired) electrons. The number of esters is 1. The molecule has 0 atom stereocenters. The predicted molar refractivity (Wildman–Crippen MR) is 104 cm³/mol. The molecule has 2 aromatic rings. The van der Waals surface area contributed by atoms with E-state index in [2.05, 4.69) is 15.3 Å². The standard InChI is InChI=1S/C18H24N4O4S/c1-13-16(17(18(23)26-3)20-21(13)2)12-19-14-5-4-6-15(11-14)22-7-9-27(24,25)10-8-22/h4-6,11,19H,7-10,12H2,1-3H3. The highest BCUT2D eigenvalue weighted by Crippen LogP contribution is 2.23. The Morgan fingerprint density at radius 2 is 2.00 bits per heavy atom. The predicted octanol–water partition coefficient (Wildman–Crippen LogP) is 1.36. The fourth-order valence-corrected chi connectivity index (χ4v) is 4.30. The second-order valence-corrected chi connectivity index (χ2v) is 8.87. The normalized spacial score (nSPS) is 16.2. The van der Waals surface area contributed by atoms with E-state index in [-0.39, 0.29) is 11.5 Å². The fraction of sp³-hybridized carbons (Fsp3) is 0.444. The Kier molecular flexibility index (Phi) is 5.41. The van der Waals surface area contributed by atoms with E-state index in [1.54, 1.807) is 11.7 Å². The van der Waals surface area contributed by atoms with Crippen LogP contribution in [0.5, 0.6) is 0 Å². The Bertz CT molecular complexity index is 938. The molecule has 3 rings (SSSR count). The van der Waals surface area contributed by atoms with Crippen molar-refractivity contribution in [2.75, 3.05) is 41.9 Å². The van der Waals surface area contributed by atoms with Crippen LogP contribution in [0.25, 0.3) is 0 Å². The van der Waals surface area contributed by atoms with Crippen LogP contribution >= 0.6 is 0 Å². The number of rotatable bonds is 5. The van der Waals surface area contributed by atoms with Crippen molar-refractivity contribution in [1.82, 2.24) is 9.78 Å². The molecule has 1 aliphatic rings. The van der Waals surface area contributed by atoms with Crippen LogP contribution in [0.4, 0.5) is 11.4 Å². The van der Waals surface area contributed by atoms with Crippen LogP contribution in [0, 0.1) is 6.92 Å². The van der Waals surface area contributed by atoms with E-state index >= 15 is 0 Å². The minimum atomic E-state index is -2.91. The van der Waals surface area contributed by atoms with E-state index in [0.717, 1.165) is 22.6 Å². The summed E-state index contributed by atoms with van der Waals surface area (Å²) >= 11 is 0. The highest BCUT2D eigenvalue weighted by atomic mass is 32.2. The number of nitrogens with one attached hydrogen (secondary N) is 1. The van der Waals surface area contributed by atoms with Crippen LogP contribution in [-0.4, -0.2) is 55.9 Å². The van der Waals surface area contributed by atoms with Crippen LogP contribution in [0.2, 0.25) is 0 Å². The van der Waals surface area contributed by atoms with Crippen molar-refractivity contribution in [3.63, 3.8) is 0 Å². The average molecular weight is 392 g/mol. The number of benzene rings is 1. The summed E-state index contributed by atoms with van der Waals surface area (Å²) in [4.78, 5) is 14.0. The lowest BCUT2D eigenvalue weighted by Crippen LogP contribution is -2.40. The van der Waals surface area contributed by atoms with E-state index in [0.29, 0.717) is 25.3 Å². The number of methoxy groups -OCH3 is 1. The van der Waals surface area contributed by atoms with Gasteiger partial charge in [-0.1, -0.05) is 6.07 Å². The van der Waals surface area contributed by atoms with Crippen molar-refractivity contribution in [2.45, 2.75) is 13.5 Å². The lowest BCUT2D eigenvalue weighted by atomic mass is 10.1. The summed E-state index contributed by atoms with van der Waals surface area (Å²) in [5.41, 5.74) is 3.85. The number of carbonyl (C=O) groups excluding carboxylic acids is 1. The molecular weight excluding hydrogens is 368 g/mol. The number of carbonyl (C=O) groups is 1. The molecule has 1 aliphatic heterocycles. The van der Waals surface area contributed by atoms with Gasteiger partial charge in [0.05, 0.1) is 18.6 Å². The Balaban J connectivity index is 1.74. The number of ether oxygens (including phenoxy) is 1. The van der Waals surface area contributed by atoms with Crippen molar-refractivity contribution < 1.29 is 17.9 Å². The van der Waals surface area contributed by atoms with Gasteiger partial charge in [0.25, 0.3) is 0 Å². The molecule has 1 saturated heterocycles. The molecule has 0 amide bonds. The van der Waals surface area contributed by atoms with Crippen LogP contribution < -0.4 is 10.2 Å². The summed E-state index contributed by atoms with van der Waals surface area (Å²) < 4.78 is 29.7. The highest BCUT2D eigenvalue weighted by Gasteiger charge is 2.22. The van der Waals surface area contributed by atoms with Gasteiger partial charge in [-0.3, -0.25) is 4.68 Å². The monoisotopic (exact) mass is 392 g/mol. The topological polar surface area (TPSA) is 93.5 Å². The smallest absolute Gasteiger partial charge is 0.358 e. The number of sulfone groups is 1. The first-order chi connectivity index (χ1) is 12.8. The highest BCUT2D eigenvalue weighted by molar-refractivity contribution is 7.91. The largest absolute Gasteiger partial charge is 0.464 e. The first kappa shape index (κ1) is 19.2. The zero-order valence-corrected chi connectivity index (χ0v) is 16.5. The Morgan fingerprint density at radius 3 is 2.67 bits per heavy atom. The molecule has 0 saturated carbocycles. The van der Waals surface area contributed by atoms with Crippen molar-refractivity contribution in [2.24, 2.45) is 7.05 Å². The number of anilines is 2. The molecule has 1 fully saturated rings. The first-order valence-electron chi connectivity index (χ1n) is 8.71. The molecule has 9 heteroatoms. The maximum absolute atomic E-state index is 11.9. The molecule has 0 spiro atoms. The number of aryl methyl sites for hydroxylation is 1. The molecule has 0 unspecified atom stereocenters. The molecule has 1 aromatic heterocycles. The fourth-order valence-electron chi connectivity index (χ4n) is 3.10. The summed E-state index contributed by atoms with van der Waals surface area (Å²) in [7, 11) is 0.219. The lowest BCUT2D eigenvalue weighted by Gasteiger charge is -2.29. The minimum absolute atomic E-state index is 0.183. The summed E-state index contributed by atoms with van der Waals surface area (Å²) in [5.74, 6) is -0.0943. The van der Waals surface area contributed by atoms with E-state index in [1.165, 1.54) is 7.11 Å². The summed E-state index contributed by atoms with van der Waals surface area (Å²) in [6.07, 6.45) is 0. The van der Waals surface area contributed by atoms with Gasteiger partial charge in [0.2, 0.25) is 0 Å². The summed E-state index contributed by atoms with van der Waals surface area (Å²) in [6.45, 7) is 3.34. The third-order valence-corrected chi connectivity index (χ3v) is 6.47. The number of nitrogens with zero attached hydrogens (tertiary/aromatic N) is 3. The van der Waals surface area contributed by atoms with Crippen LogP contribution in [0.3, 0.4) is 0 Å². The van der Waals surface area contributed by atoms with Gasteiger partial charge in [0.15, 0.2) is 15.5 Å². The number of aromatic nitrogens is 2. The maximum atomic E-state index is 11.9. The van der Waals surface area contributed by atoms with Crippen molar-refractivity contribution in [3.8, 4) is 0 Å². The molecule has 146 valence electrons. The van der Waals surface area contributed by atoms with Gasteiger partial charge in [0.1, 0.15) is 0 Å². The molecule has 0 bridgehead atoms. The minimum Gasteiger partial charge on any atom is -0.464 e. The maximum Gasteiger partial charge on any atom is 0.358 e. The second-order valence-electron chi connectivity index (χ2n) is 6.57. The van der Waals surface area contributed by atoms with E-state index in [4.69, 9.17) is 4.74 Å². The third kappa shape index (κ3) is 4.24. The molecule has 0 aliphatic carbocycles. The van der Waals surface area contributed by atoms with E-state index < -0.39 is 15.8 Å². The van der Waals surface area contributed by atoms with Gasteiger partial charge in [-0.15, -0.1) is 0 Å². The van der Waals surface area contributed by atoms with Gasteiger partial charge in [-0.05, 0) is 25.1 Å². The Morgan fingerprint density at radius 1 is 1.30 bits per heavy atom. The van der Waals surface area contributed by atoms with Crippen LogP contribution in [0.1, 0.15) is 21.7 Å². The SMILES string of the molecule is COC(=O)c1nn(C)c(C)c1CNc1cccc(N2CCS(=O)(=O)CC2)c1. The van der Waals surface area contributed by atoms with E-state index in [1.807, 2.05) is 31.2 Å². The molecule has 1 aromatic carbocycles. The second kappa shape index (κ2) is 7.59. The molecule has 27 heavy (non-hydrogen) atoms. The van der Waals surface area contributed by atoms with Crippen molar-refractivity contribution >= 4 is 27.2 Å². The average Bonchev–Trinajstić information content (AvgIpc) is 2.94. The lowest BCUT2D eigenvalue weighted by molar-refractivity contribution is 0.0592. The van der Waals surface area contributed by atoms with Gasteiger partial charge >= 0.3 is 5.97 Å². The van der Waals surface area contributed by atoms with E-state index in [9.17, 15) is 13.2 Å². The quantitative estimate of drug-likeness (QED) is 0.768. The van der Waals surface area contributed by atoms with Crippen LogP contribution in [0.15, 0.2) is 24.3 Å². The van der Waals surface area contributed by atoms with Crippen molar-refractivity contribution in [1.29, 1.82) is 0 Å². The summed E-state index contributed by atoms with van der Waals surface area (Å²) in [6, 6.07) is 7.82. The first-order valence-corrected chi connectivity index (χ1v) is 10.5. The Labute approximate surface area is 159 Å². The summed E-state index contributed by atoms with van der Waals surface area (Å²) in [5, 5.41) is 7.56.